The van der Waals surface area contributed by atoms with Crippen molar-refractivity contribution in [2.45, 2.75) is 26.2 Å². The van der Waals surface area contributed by atoms with Gasteiger partial charge in [-0.2, -0.15) is 5.26 Å². The molecule has 0 atom stereocenters. The van der Waals surface area contributed by atoms with Gasteiger partial charge in [0.25, 0.3) is 0 Å². The Bertz CT molecular complexity index is 1310. The van der Waals surface area contributed by atoms with Crippen LogP contribution in [0, 0.1) is 11.3 Å². The summed E-state index contributed by atoms with van der Waals surface area (Å²) in [5.74, 6) is 0.736. The maximum Gasteiger partial charge on any atom is 0.155 e. The molecule has 6 nitrogen and oxygen atoms in total. The van der Waals surface area contributed by atoms with Crippen LogP contribution in [0.5, 0.6) is 0 Å². The van der Waals surface area contributed by atoms with Crippen LogP contribution in [-0.4, -0.2) is 41.3 Å². The number of H-pyrrole nitrogens is 1. The van der Waals surface area contributed by atoms with Crippen molar-refractivity contribution in [3.8, 4) is 6.07 Å². The minimum Gasteiger partial charge on any atom is -0.371 e. The van der Waals surface area contributed by atoms with E-state index in [0.29, 0.717) is 0 Å². The molecule has 34 heavy (non-hydrogen) atoms. The molecule has 1 saturated heterocycles. The van der Waals surface area contributed by atoms with E-state index in [1.165, 1.54) is 5.57 Å². The molecule has 0 amide bonds. The lowest BCUT2D eigenvalue weighted by atomic mass is 9.92. The first-order valence-corrected chi connectivity index (χ1v) is 11.6. The zero-order chi connectivity index (χ0) is 24.1. The number of rotatable bonds is 7. The lowest BCUT2D eigenvalue weighted by Crippen LogP contribution is -2.30. The second-order valence-electron chi connectivity index (χ2n) is 8.34. The van der Waals surface area contributed by atoms with E-state index in [9.17, 15) is 5.26 Å². The van der Waals surface area contributed by atoms with E-state index in [-0.39, 0.29) is 0 Å². The number of nitrogens with zero attached hydrogens (tertiary/aromatic N) is 4. The minimum atomic E-state index is 0.736. The number of aromatic amines is 1. The predicted molar refractivity (Wildman–Crippen MR) is 141 cm³/mol. The molecule has 6 heteroatoms. The lowest BCUT2D eigenvalue weighted by Gasteiger charge is -2.33. The van der Waals surface area contributed by atoms with Crippen LogP contribution in [0.25, 0.3) is 22.0 Å². The number of nitriles is 1. The van der Waals surface area contributed by atoms with E-state index in [4.69, 9.17) is 0 Å². The average Bonchev–Trinajstić information content (AvgIpc) is 3.33. The van der Waals surface area contributed by atoms with Crippen molar-refractivity contribution in [1.29, 1.82) is 5.26 Å². The van der Waals surface area contributed by atoms with Gasteiger partial charge in [0, 0.05) is 49.2 Å². The van der Waals surface area contributed by atoms with Crippen LogP contribution in [-0.2, 0) is 6.42 Å². The van der Waals surface area contributed by atoms with Gasteiger partial charge in [0.2, 0.25) is 0 Å². The van der Waals surface area contributed by atoms with Crippen LogP contribution in [0.15, 0.2) is 72.1 Å². The first-order valence-electron chi connectivity index (χ1n) is 11.6. The van der Waals surface area contributed by atoms with Crippen LogP contribution >= 0.6 is 0 Å². The number of anilines is 1. The normalized spacial score (nSPS) is 13.8. The van der Waals surface area contributed by atoms with Gasteiger partial charge in [-0.15, -0.1) is 0 Å². The highest BCUT2D eigenvalue weighted by Crippen LogP contribution is 2.36. The number of allylic oxidation sites excluding steroid dienone is 2. The Hall–Kier alpha value is -4.11. The molecule has 2 N–H and O–H groups in total. The summed E-state index contributed by atoms with van der Waals surface area (Å²) in [7, 11) is 1.72. The number of aromatic nitrogens is 2. The number of benzene rings is 1. The predicted octanol–water partition coefficient (Wildman–Crippen LogP) is 5.80. The molecular weight excluding hydrogens is 420 g/mol. The Labute approximate surface area is 201 Å². The zero-order valence-electron chi connectivity index (χ0n) is 19.9. The van der Waals surface area contributed by atoms with E-state index in [2.05, 4.69) is 51.3 Å². The second kappa shape index (κ2) is 10.2. The molecule has 3 heterocycles. The molecule has 0 radical (unpaired) electrons. The SMILES string of the molecule is C=C(C(=C)N1CCC(=C(C#N)c2ccccc2)CC1)c1c[nH]c2c(NC=NC)ncc(CC)c12. The molecule has 1 aliphatic heterocycles. The fourth-order valence-corrected chi connectivity index (χ4v) is 4.55. The summed E-state index contributed by atoms with van der Waals surface area (Å²) in [6, 6.07) is 12.4. The fraction of sp³-hybridized carbons (Fsp3) is 0.250. The lowest BCUT2D eigenvalue weighted by molar-refractivity contribution is 0.335. The maximum absolute atomic E-state index is 9.77. The van der Waals surface area contributed by atoms with Crippen molar-refractivity contribution >= 4 is 34.2 Å². The molecule has 0 aliphatic carbocycles. The van der Waals surface area contributed by atoms with E-state index in [1.807, 2.05) is 42.7 Å². The van der Waals surface area contributed by atoms with E-state index in [1.54, 1.807) is 13.4 Å². The second-order valence-corrected chi connectivity index (χ2v) is 8.34. The Balaban J connectivity index is 1.57. The first kappa shape index (κ1) is 23.1. The largest absolute Gasteiger partial charge is 0.371 e. The van der Waals surface area contributed by atoms with Crippen molar-refractivity contribution in [3.05, 3.63) is 83.8 Å². The molecule has 1 aromatic carbocycles. The third kappa shape index (κ3) is 4.38. The van der Waals surface area contributed by atoms with Crippen molar-refractivity contribution in [2.75, 3.05) is 25.5 Å². The highest BCUT2D eigenvalue weighted by Gasteiger charge is 2.22. The first-order chi connectivity index (χ1) is 16.6. The fourth-order valence-electron chi connectivity index (χ4n) is 4.55. The van der Waals surface area contributed by atoms with E-state index in [0.717, 1.165) is 82.6 Å². The minimum absolute atomic E-state index is 0.736. The Morgan fingerprint density at radius 1 is 1.26 bits per heavy atom. The van der Waals surface area contributed by atoms with E-state index < -0.39 is 0 Å². The quantitative estimate of drug-likeness (QED) is 0.206. The van der Waals surface area contributed by atoms with Crippen molar-refractivity contribution in [3.63, 3.8) is 0 Å². The van der Waals surface area contributed by atoms with Crippen LogP contribution < -0.4 is 5.32 Å². The summed E-state index contributed by atoms with van der Waals surface area (Å²) in [6.07, 6.45) is 8.08. The van der Waals surface area contributed by atoms with Gasteiger partial charge >= 0.3 is 0 Å². The molecule has 4 rings (SSSR count). The monoisotopic (exact) mass is 450 g/mol. The number of aliphatic imine (C=N–C) groups is 1. The van der Waals surface area contributed by atoms with Crippen LogP contribution in [0.2, 0.25) is 0 Å². The molecule has 0 saturated carbocycles. The highest BCUT2D eigenvalue weighted by molar-refractivity contribution is 6.03. The highest BCUT2D eigenvalue weighted by atomic mass is 15.1. The number of piperidine rings is 1. The molecule has 172 valence electrons. The van der Waals surface area contributed by atoms with Gasteiger partial charge in [-0.3, -0.25) is 4.99 Å². The standard InChI is InChI=1S/C28H30N6/c1-5-21-16-32-28(33-18-30-4)27-26(21)25(17-31-27)19(2)20(3)34-13-11-23(12-14-34)24(15-29)22-9-7-6-8-10-22/h6-10,16-18,31H,2-3,5,11-14H2,1,4H3,(H,30,32,33). The number of nitrogens with one attached hydrogen (secondary N) is 2. The van der Waals surface area contributed by atoms with Gasteiger partial charge in [0.15, 0.2) is 5.82 Å². The summed E-state index contributed by atoms with van der Waals surface area (Å²) in [4.78, 5) is 14.2. The van der Waals surface area contributed by atoms with Gasteiger partial charge in [-0.1, -0.05) is 50.4 Å². The van der Waals surface area contributed by atoms with Gasteiger partial charge in [0.05, 0.1) is 23.5 Å². The zero-order valence-corrected chi connectivity index (χ0v) is 19.9. The van der Waals surface area contributed by atoms with Crippen LogP contribution in [0.3, 0.4) is 0 Å². The summed E-state index contributed by atoms with van der Waals surface area (Å²) in [5.41, 5.74) is 7.96. The molecule has 0 bridgehead atoms. The topological polar surface area (TPSA) is 80.1 Å². The van der Waals surface area contributed by atoms with Gasteiger partial charge in [-0.25, -0.2) is 4.98 Å². The van der Waals surface area contributed by atoms with Crippen molar-refractivity contribution in [1.82, 2.24) is 14.9 Å². The average molecular weight is 451 g/mol. The number of hydrogen-bond donors (Lipinski definition) is 2. The number of pyridine rings is 1. The molecular formula is C28H30N6. The molecule has 1 fully saturated rings. The molecule has 3 aromatic rings. The Morgan fingerprint density at radius 2 is 2.00 bits per heavy atom. The summed E-state index contributed by atoms with van der Waals surface area (Å²) in [6.45, 7) is 12.6. The van der Waals surface area contributed by atoms with E-state index >= 15 is 0 Å². The van der Waals surface area contributed by atoms with Crippen LogP contribution in [0.4, 0.5) is 5.82 Å². The van der Waals surface area contributed by atoms with Gasteiger partial charge < -0.3 is 15.2 Å². The number of hydrogen-bond acceptors (Lipinski definition) is 4. The molecule has 0 unspecified atom stereocenters. The number of fused-ring (bicyclic) bond motifs is 1. The molecule has 2 aromatic heterocycles. The van der Waals surface area contributed by atoms with Crippen molar-refractivity contribution < 1.29 is 0 Å². The third-order valence-electron chi connectivity index (χ3n) is 6.45. The van der Waals surface area contributed by atoms with Crippen LogP contribution in [0.1, 0.15) is 36.5 Å². The summed E-state index contributed by atoms with van der Waals surface area (Å²) in [5, 5.41) is 14.0. The molecule has 1 aliphatic rings. The van der Waals surface area contributed by atoms with Gasteiger partial charge in [-0.05, 0) is 41.5 Å². The Kier molecular flexibility index (Phi) is 6.93. The third-order valence-corrected chi connectivity index (χ3v) is 6.45. The Morgan fingerprint density at radius 3 is 2.65 bits per heavy atom. The smallest absolute Gasteiger partial charge is 0.155 e. The van der Waals surface area contributed by atoms with Gasteiger partial charge in [0.1, 0.15) is 0 Å². The molecule has 0 spiro atoms. The summed E-state index contributed by atoms with van der Waals surface area (Å²) >= 11 is 0. The number of likely N-dealkylation sites (tertiary alicyclic amines) is 1. The van der Waals surface area contributed by atoms with Crippen molar-refractivity contribution in [2.24, 2.45) is 4.99 Å². The maximum atomic E-state index is 9.77. The summed E-state index contributed by atoms with van der Waals surface area (Å²) < 4.78 is 0. The number of aryl methyl sites for hydroxylation is 1.